The van der Waals surface area contributed by atoms with E-state index in [0.717, 1.165) is 5.82 Å². The van der Waals surface area contributed by atoms with Crippen molar-refractivity contribution in [2.45, 2.75) is 38.0 Å². The molecule has 0 radical (unpaired) electrons. The second kappa shape index (κ2) is 6.24. The van der Waals surface area contributed by atoms with Gasteiger partial charge in [0.1, 0.15) is 17.2 Å². The van der Waals surface area contributed by atoms with E-state index in [1.54, 1.807) is 31.1 Å². The maximum Gasteiger partial charge on any atom is 0.276 e. The molecule has 4 heterocycles. The van der Waals surface area contributed by atoms with Gasteiger partial charge in [-0.2, -0.15) is 0 Å². The summed E-state index contributed by atoms with van der Waals surface area (Å²) < 4.78 is 13.2. The van der Waals surface area contributed by atoms with Crippen molar-refractivity contribution >= 4 is 11.8 Å². The van der Waals surface area contributed by atoms with Gasteiger partial charge < -0.3 is 24.0 Å². The minimum atomic E-state index is -0.657. The molecule has 0 saturated carbocycles. The minimum Gasteiger partial charge on any atom is -0.361 e. The van der Waals surface area contributed by atoms with Crippen molar-refractivity contribution in [2.75, 3.05) is 20.1 Å². The lowest BCUT2D eigenvalue weighted by Gasteiger charge is -2.45. The molecule has 0 bridgehead atoms. The molecule has 2 amide bonds. The second-order valence-electron chi connectivity index (χ2n) is 6.73. The monoisotopic (exact) mass is 359 g/mol. The highest BCUT2D eigenvalue weighted by Gasteiger charge is 2.47. The molecular formula is C17H21N5O4. The van der Waals surface area contributed by atoms with E-state index in [1.165, 1.54) is 0 Å². The third-order valence-electron chi connectivity index (χ3n) is 5.10. The fraction of sp³-hybridized carbons (Fsp3) is 0.529. The molecule has 2 aromatic heterocycles. The van der Waals surface area contributed by atoms with Crippen LogP contribution in [0.15, 0.2) is 23.0 Å². The fourth-order valence-corrected chi connectivity index (χ4v) is 3.74. The number of fused-ring (bicyclic) bond motifs is 2. The Morgan fingerprint density at radius 3 is 2.77 bits per heavy atom. The van der Waals surface area contributed by atoms with Gasteiger partial charge in [-0.15, -0.1) is 0 Å². The smallest absolute Gasteiger partial charge is 0.276 e. The number of amides is 2. The predicted molar refractivity (Wildman–Crippen MR) is 89.2 cm³/mol. The van der Waals surface area contributed by atoms with E-state index >= 15 is 0 Å². The lowest BCUT2D eigenvalue weighted by molar-refractivity contribution is -0.171. The van der Waals surface area contributed by atoms with Crippen LogP contribution in [-0.4, -0.2) is 57.7 Å². The second-order valence-corrected chi connectivity index (χ2v) is 6.73. The molecule has 1 saturated heterocycles. The van der Waals surface area contributed by atoms with E-state index in [9.17, 15) is 9.59 Å². The molecule has 1 fully saturated rings. The zero-order valence-electron chi connectivity index (χ0n) is 14.8. The van der Waals surface area contributed by atoms with Gasteiger partial charge in [0, 0.05) is 51.4 Å². The lowest BCUT2D eigenvalue weighted by Crippen LogP contribution is -2.54. The number of hydrogen-bond acceptors (Lipinski definition) is 6. The average molecular weight is 359 g/mol. The maximum atomic E-state index is 12.6. The number of ether oxygens (including phenoxy) is 1. The van der Waals surface area contributed by atoms with Crippen molar-refractivity contribution in [1.29, 1.82) is 0 Å². The van der Waals surface area contributed by atoms with Gasteiger partial charge in [-0.25, -0.2) is 4.98 Å². The van der Waals surface area contributed by atoms with Crippen LogP contribution in [0.4, 0.5) is 0 Å². The van der Waals surface area contributed by atoms with Gasteiger partial charge in [0.05, 0.1) is 6.54 Å². The highest BCUT2D eigenvalue weighted by atomic mass is 16.5. The van der Waals surface area contributed by atoms with Crippen LogP contribution in [0.25, 0.3) is 0 Å². The molecule has 26 heavy (non-hydrogen) atoms. The van der Waals surface area contributed by atoms with Gasteiger partial charge >= 0.3 is 0 Å². The number of hydrogen-bond donors (Lipinski definition) is 1. The summed E-state index contributed by atoms with van der Waals surface area (Å²) in [4.78, 5) is 30.9. The largest absolute Gasteiger partial charge is 0.361 e. The van der Waals surface area contributed by atoms with Crippen molar-refractivity contribution in [1.82, 2.24) is 24.9 Å². The molecule has 1 unspecified atom stereocenters. The van der Waals surface area contributed by atoms with Crippen LogP contribution >= 0.6 is 0 Å². The van der Waals surface area contributed by atoms with Crippen LogP contribution in [0.1, 0.15) is 34.9 Å². The molecule has 2 aliphatic heterocycles. The standard InChI is InChI=1S/C17H21N5O4/c1-11-9-12(20-26-11)15(24)21-6-3-17(4-7-21)16-19-5-8-22(16)10-13(25-17)14(23)18-2/h5,8-9,13H,3-4,6-7,10H2,1-2H3,(H,18,23). The Balaban J connectivity index is 1.54. The van der Waals surface area contributed by atoms with Crippen molar-refractivity contribution < 1.29 is 18.8 Å². The number of aromatic nitrogens is 3. The summed E-state index contributed by atoms with van der Waals surface area (Å²) in [6.07, 6.45) is 4.16. The van der Waals surface area contributed by atoms with Crippen molar-refractivity contribution in [3.05, 3.63) is 35.7 Å². The number of aryl methyl sites for hydroxylation is 1. The van der Waals surface area contributed by atoms with Crippen LogP contribution in [0, 0.1) is 6.92 Å². The van der Waals surface area contributed by atoms with E-state index in [2.05, 4.69) is 15.5 Å². The third kappa shape index (κ3) is 2.68. The Morgan fingerprint density at radius 1 is 1.35 bits per heavy atom. The molecule has 4 rings (SSSR count). The van der Waals surface area contributed by atoms with E-state index in [1.807, 2.05) is 10.8 Å². The SMILES string of the molecule is CNC(=O)C1Cn2ccnc2C2(CCN(C(=O)c3cc(C)on3)CC2)O1. The summed E-state index contributed by atoms with van der Waals surface area (Å²) in [5.74, 6) is 1.12. The number of rotatable bonds is 2. The molecule has 1 atom stereocenters. The molecule has 1 N–H and O–H groups in total. The topological polar surface area (TPSA) is 102 Å². The van der Waals surface area contributed by atoms with Crippen molar-refractivity contribution in [2.24, 2.45) is 0 Å². The first-order valence-corrected chi connectivity index (χ1v) is 8.66. The summed E-state index contributed by atoms with van der Waals surface area (Å²) in [5, 5.41) is 6.45. The van der Waals surface area contributed by atoms with Crippen LogP contribution in [0.3, 0.4) is 0 Å². The van der Waals surface area contributed by atoms with Gasteiger partial charge in [-0.3, -0.25) is 9.59 Å². The van der Waals surface area contributed by atoms with Gasteiger partial charge in [-0.05, 0) is 6.92 Å². The normalized spacial score (nSPS) is 21.5. The van der Waals surface area contributed by atoms with Gasteiger partial charge in [-0.1, -0.05) is 5.16 Å². The first kappa shape index (κ1) is 16.8. The van der Waals surface area contributed by atoms with E-state index in [0.29, 0.717) is 43.9 Å². The number of carbonyl (C=O) groups is 2. The lowest BCUT2D eigenvalue weighted by atomic mass is 9.88. The molecule has 9 heteroatoms. The van der Waals surface area contributed by atoms with Crippen LogP contribution in [0.2, 0.25) is 0 Å². The molecule has 138 valence electrons. The number of likely N-dealkylation sites (tertiary alicyclic amines) is 1. The third-order valence-corrected chi connectivity index (χ3v) is 5.10. The summed E-state index contributed by atoms with van der Waals surface area (Å²) >= 11 is 0. The predicted octanol–water partition coefficient (Wildman–Crippen LogP) is 0.456. The average Bonchev–Trinajstić information content (AvgIpc) is 3.30. The number of nitrogens with one attached hydrogen (secondary N) is 1. The van der Waals surface area contributed by atoms with Gasteiger partial charge in [0.15, 0.2) is 11.8 Å². The Morgan fingerprint density at radius 2 is 2.12 bits per heavy atom. The summed E-state index contributed by atoms with van der Waals surface area (Å²) in [6.45, 7) is 3.19. The zero-order chi connectivity index (χ0) is 18.3. The first-order chi connectivity index (χ1) is 12.5. The molecule has 2 aliphatic rings. The Hall–Kier alpha value is -2.68. The fourth-order valence-electron chi connectivity index (χ4n) is 3.74. The van der Waals surface area contributed by atoms with E-state index in [-0.39, 0.29) is 11.8 Å². The number of likely N-dealkylation sites (N-methyl/N-ethyl adjacent to an activating group) is 1. The number of imidazole rings is 1. The highest BCUT2D eigenvalue weighted by Crippen LogP contribution is 2.40. The summed E-state index contributed by atoms with van der Waals surface area (Å²) in [5.41, 5.74) is -0.345. The molecule has 0 aromatic carbocycles. The molecule has 0 aliphatic carbocycles. The molecule has 9 nitrogen and oxygen atoms in total. The Bertz CT molecular complexity index is 834. The van der Waals surface area contributed by atoms with Crippen molar-refractivity contribution in [3.8, 4) is 0 Å². The Kier molecular flexibility index (Phi) is 4.03. The number of piperidine rings is 1. The highest BCUT2D eigenvalue weighted by molar-refractivity contribution is 5.92. The molecule has 2 aromatic rings. The van der Waals surface area contributed by atoms with E-state index in [4.69, 9.17) is 9.26 Å². The summed E-state index contributed by atoms with van der Waals surface area (Å²) in [6, 6.07) is 1.64. The number of nitrogens with zero attached hydrogens (tertiary/aromatic N) is 4. The maximum absolute atomic E-state index is 12.6. The Labute approximate surface area is 150 Å². The minimum absolute atomic E-state index is 0.152. The molecule has 1 spiro atoms. The molecular weight excluding hydrogens is 338 g/mol. The van der Waals surface area contributed by atoms with Gasteiger partial charge in [0.25, 0.3) is 11.8 Å². The zero-order valence-corrected chi connectivity index (χ0v) is 14.8. The van der Waals surface area contributed by atoms with Crippen LogP contribution in [0.5, 0.6) is 0 Å². The number of carbonyl (C=O) groups excluding carboxylic acids is 2. The van der Waals surface area contributed by atoms with Crippen LogP contribution < -0.4 is 5.32 Å². The van der Waals surface area contributed by atoms with E-state index < -0.39 is 11.7 Å². The van der Waals surface area contributed by atoms with Gasteiger partial charge in [0.2, 0.25) is 0 Å². The van der Waals surface area contributed by atoms with Crippen molar-refractivity contribution in [3.63, 3.8) is 0 Å². The first-order valence-electron chi connectivity index (χ1n) is 8.66. The van der Waals surface area contributed by atoms with Crippen LogP contribution in [-0.2, 0) is 21.7 Å². The quantitative estimate of drug-likeness (QED) is 0.835. The summed E-state index contributed by atoms with van der Waals surface area (Å²) in [7, 11) is 1.60.